The maximum absolute atomic E-state index is 11.1. The lowest BCUT2D eigenvalue weighted by atomic mass is 10.1. The van der Waals surface area contributed by atoms with Crippen LogP contribution in [0.15, 0.2) is 18.3 Å². The minimum atomic E-state index is -0.543. The first-order valence-electron chi connectivity index (χ1n) is 5.41. The first-order chi connectivity index (χ1) is 9.13. The molecule has 1 aromatic heterocycles. The van der Waals surface area contributed by atoms with Gasteiger partial charge in [0.15, 0.2) is 17.0 Å². The Morgan fingerprint density at radius 3 is 2.68 bits per heavy atom. The van der Waals surface area contributed by atoms with Crippen molar-refractivity contribution < 1.29 is 19.5 Å². The normalized spacial score (nSPS) is 10.5. The first kappa shape index (κ1) is 13.0. The zero-order valence-corrected chi connectivity index (χ0v) is 10.4. The summed E-state index contributed by atoms with van der Waals surface area (Å²) in [6, 6.07) is 2.84. The van der Waals surface area contributed by atoms with E-state index >= 15 is 0 Å². The summed E-state index contributed by atoms with van der Waals surface area (Å²) < 4.78 is 10.3. The predicted molar refractivity (Wildman–Crippen MR) is 67.4 cm³/mol. The highest BCUT2D eigenvalue weighted by Crippen LogP contribution is 2.41. The molecule has 7 nitrogen and oxygen atoms in total. The average Bonchev–Trinajstić information content (AvgIpc) is 2.44. The van der Waals surface area contributed by atoms with Gasteiger partial charge in [0.1, 0.15) is 0 Å². The molecule has 0 spiro atoms. The molecule has 0 bridgehead atoms. The highest BCUT2D eigenvalue weighted by atomic mass is 16.6. The van der Waals surface area contributed by atoms with Gasteiger partial charge in [0, 0.05) is 6.20 Å². The number of fused-ring (bicyclic) bond motifs is 1. The number of pyridine rings is 1. The minimum Gasteiger partial charge on any atom is -0.493 e. The molecule has 7 heteroatoms. The first-order valence-corrected chi connectivity index (χ1v) is 5.41. The summed E-state index contributed by atoms with van der Waals surface area (Å²) in [4.78, 5) is 14.6. The van der Waals surface area contributed by atoms with Gasteiger partial charge in [-0.25, -0.2) is 4.98 Å². The van der Waals surface area contributed by atoms with Crippen molar-refractivity contribution in [2.24, 2.45) is 0 Å². The second-order valence-electron chi connectivity index (χ2n) is 3.74. The molecule has 0 radical (unpaired) electrons. The van der Waals surface area contributed by atoms with Crippen molar-refractivity contribution in [1.82, 2.24) is 4.98 Å². The molecule has 0 aliphatic carbocycles. The van der Waals surface area contributed by atoms with E-state index in [1.165, 1.54) is 26.5 Å². The molecule has 0 amide bonds. The summed E-state index contributed by atoms with van der Waals surface area (Å²) in [5, 5.41) is 20.8. The Hall–Kier alpha value is -2.41. The van der Waals surface area contributed by atoms with Gasteiger partial charge in [-0.3, -0.25) is 10.1 Å². The van der Waals surface area contributed by atoms with Crippen LogP contribution in [0.5, 0.6) is 11.5 Å². The highest BCUT2D eigenvalue weighted by Gasteiger charge is 2.23. The second-order valence-corrected chi connectivity index (χ2v) is 3.74. The van der Waals surface area contributed by atoms with Gasteiger partial charge in [-0.2, -0.15) is 0 Å². The summed E-state index contributed by atoms with van der Waals surface area (Å²) in [5.74, 6) is 0.546. The molecule has 0 saturated heterocycles. The molecular formula is C12H12N2O5. The summed E-state index contributed by atoms with van der Waals surface area (Å²) in [6.07, 6.45) is 1.41. The van der Waals surface area contributed by atoms with E-state index in [0.29, 0.717) is 16.7 Å². The number of aliphatic hydroxyl groups excluding tert-OH is 1. The molecule has 0 atom stereocenters. The Bertz CT molecular complexity index is 642. The fourth-order valence-electron chi connectivity index (χ4n) is 1.96. The van der Waals surface area contributed by atoms with E-state index in [2.05, 4.69) is 4.98 Å². The van der Waals surface area contributed by atoms with Crippen LogP contribution >= 0.6 is 0 Å². The van der Waals surface area contributed by atoms with Crippen molar-refractivity contribution in [3.05, 3.63) is 34.0 Å². The maximum atomic E-state index is 11.1. The minimum absolute atomic E-state index is 0.161. The molecule has 0 aliphatic heterocycles. The number of hydrogen-bond acceptors (Lipinski definition) is 6. The van der Waals surface area contributed by atoms with E-state index in [1.54, 1.807) is 6.07 Å². The third-order valence-electron chi connectivity index (χ3n) is 2.79. The van der Waals surface area contributed by atoms with Crippen molar-refractivity contribution in [3.63, 3.8) is 0 Å². The lowest BCUT2D eigenvalue weighted by Crippen LogP contribution is -2.00. The van der Waals surface area contributed by atoms with Crippen LogP contribution in [0, 0.1) is 10.1 Å². The number of nitro groups is 1. The highest BCUT2D eigenvalue weighted by molar-refractivity contribution is 5.97. The average molecular weight is 264 g/mol. The van der Waals surface area contributed by atoms with Crippen molar-refractivity contribution in [2.75, 3.05) is 14.2 Å². The van der Waals surface area contributed by atoms with Gasteiger partial charge >= 0.3 is 0 Å². The van der Waals surface area contributed by atoms with E-state index in [9.17, 15) is 15.2 Å². The van der Waals surface area contributed by atoms with Crippen LogP contribution in [0.1, 0.15) is 5.56 Å². The van der Waals surface area contributed by atoms with Crippen LogP contribution in [-0.4, -0.2) is 29.2 Å². The monoisotopic (exact) mass is 264 g/mol. The Kier molecular flexibility index (Phi) is 3.48. The molecule has 1 aromatic carbocycles. The van der Waals surface area contributed by atoms with Crippen molar-refractivity contribution in [2.45, 2.75) is 6.61 Å². The number of methoxy groups -OCH3 is 2. The Morgan fingerprint density at radius 2 is 2.16 bits per heavy atom. The topological polar surface area (TPSA) is 94.7 Å². The van der Waals surface area contributed by atoms with Gasteiger partial charge in [-0.05, 0) is 11.6 Å². The lowest BCUT2D eigenvalue weighted by Gasteiger charge is -2.12. The van der Waals surface area contributed by atoms with Gasteiger partial charge in [-0.15, -0.1) is 0 Å². The van der Waals surface area contributed by atoms with Crippen LogP contribution in [0.4, 0.5) is 5.69 Å². The Morgan fingerprint density at radius 1 is 1.42 bits per heavy atom. The number of nitro benzene ring substituents is 1. The molecular weight excluding hydrogens is 252 g/mol. The molecule has 0 aliphatic rings. The molecule has 2 rings (SSSR count). The van der Waals surface area contributed by atoms with Crippen molar-refractivity contribution >= 4 is 16.6 Å². The van der Waals surface area contributed by atoms with E-state index in [1.807, 2.05) is 0 Å². The molecule has 0 unspecified atom stereocenters. The SMILES string of the molecule is COc1cc([N+](=O)[O-])c2nccc(CO)c2c1OC. The summed E-state index contributed by atoms with van der Waals surface area (Å²) in [7, 11) is 2.82. The number of hydrogen-bond donors (Lipinski definition) is 1. The maximum Gasteiger partial charge on any atom is 0.299 e. The van der Waals surface area contributed by atoms with Crippen LogP contribution in [0.2, 0.25) is 0 Å². The Labute approximate surface area is 108 Å². The smallest absolute Gasteiger partial charge is 0.299 e. The van der Waals surface area contributed by atoms with Gasteiger partial charge in [0.05, 0.1) is 37.2 Å². The van der Waals surface area contributed by atoms with Gasteiger partial charge < -0.3 is 14.6 Å². The number of benzene rings is 1. The quantitative estimate of drug-likeness (QED) is 0.666. The second kappa shape index (κ2) is 5.07. The van der Waals surface area contributed by atoms with Crippen LogP contribution in [0.25, 0.3) is 10.9 Å². The Balaban J connectivity index is 2.97. The molecule has 0 saturated carbocycles. The molecule has 0 fully saturated rings. The fourth-order valence-corrected chi connectivity index (χ4v) is 1.96. The molecule has 19 heavy (non-hydrogen) atoms. The summed E-state index contributed by atoms with van der Waals surface area (Å²) >= 11 is 0. The number of aliphatic hydroxyl groups is 1. The van der Waals surface area contributed by atoms with E-state index in [4.69, 9.17) is 9.47 Å². The van der Waals surface area contributed by atoms with E-state index in [-0.39, 0.29) is 23.6 Å². The molecule has 1 heterocycles. The number of non-ortho nitro benzene ring substituents is 1. The third kappa shape index (κ3) is 2.04. The van der Waals surface area contributed by atoms with Crippen molar-refractivity contribution in [3.8, 4) is 11.5 Å². The van der Waals surface area contributed by atoms with Crippen LogP contribution < -0.4 is 9.47 Å². The van der Waals surface area contributed by atoms with Gasteiger partial charge in [-0.1, -0.05) is 0 Å². The fraction of sp³-hybridized carbons (Fsp3) is 0.250. The number of ether oxygens (including phenoxy) is 2. The zero-order chi connectivity index (χ0) is 14.0. The van der Waals surface area contributed by atoms with E-state index < -0.39 is 4.92 Å². The van der Waals surface area contributed by atoms with E-state index in [0.717, 1.165) is 0 Å². The third-order valence-corrected chi connectivity index (χ3v) is 2.79. The molecule has 100 valence electrons. The number of nitrogens with zero attached hydrogens (tertiary/aromatic N) is 2. The molecule has 1 N–H and O–H groups in total. The summed E-state index contributed by atoms with van der Waals surface area (Å²) in [5.41, 5.74) is 0.459. The zero-order valence-electron chi connectivity index (χ0n) is 10.4. The lowest BCUT2D eigenvalue weighted by molar-refractivity contribution is -0.383. The van der Waals surface area contributed by atoms with Gasteiger partial charge in [0.2, 0.25) is 0 Å². The standard InChI is InChI=1S/C12H12N2O5/c1-18-9-5-8(14(16)17)11-10(12(9)19-2)7(6-15)3-4-13-11/h3-5,15H,6H2,1-2H3. The van der Waals surface area contributed by atoms with Crippen molar-refractivity contribution in [1.29, 1.82) is 0 Å². The van der Waals surface area contributed by atoms with Crippen LogP contribution in [0.3, 0.4) is 0 Å². The van der Waals surface area contributed by atoms with Gasteiger partial charge in [0.25, 0.3) is 5.69 Å². The molecule has 2 aromatic rings. The summed E-state index contributed by atoms with van der Waals surface area (Å²) in [6.45, 7) is -0.278. The largest absolute Gasteiger partial charge is 0.493 e. The van der Waals surface area contributed by atoms with Crippen LogP contribution in [-0.2, 0) is 6.61 Å². The number of rotatable bonds is 4. The number of aromatic nitrogens is 1. The predicted octanol–water partition coefficient (Wildman–Crippen LogP) is 1.65.